The highest BCUT2D eigenvalue weighted by atomic mass is 35.5. The number of rotatable bonds is 7. The Morgan fingerprint density at radius 3 is 2.44 bits per heavy atom. The lowest BCUT2D eigenvalue weighted by atomic mass is 9.97. The summed E-state index contributed by atoms with van der Waals surface area (Å²) in [5.74, 6) is -0.251. The molecule has 0 atom stereocenters. The molecule has 2 rings (SSSR count). The Bertz CT molecular complexity index is 679. The first-order valence-corrected chi connectivity index (χ1v) is 8.27. The Morgan fingerprint density at radius 1 is 1.30 bits per heavy atom. The fraction of sp³-hybridized carbons (Fsp3) is 0.562. The molecule has 1 fully saturated rings. The number of nitrogens with two attached hydrogens (primary N) is 1. The molecule has 4 N–H and O–H groups in total. The van der Waals surface area contributed by atoms with Crippen molar-refractivity contribution in [1.82, 2.24) is 5.32 Å². The summed E-state index contributed by atoms with van der Waals surface area (Å²) < 4.78 is 38.0. The summed E-state index contributed by atoms with van der Waals surface area (Å²) in [4.78, 5) is 22.2. The van der Waals surface area contributed by atoms with Crippen LogP contribution in [0.25, 0.3) is 0 Å². The molecular weight excluding hydrogens is 389 g/mol. The Hall–Kier alpha value is -2.07. The van der Waals surface area contributed by atoms with Crippen molar-refractivity contribution in [2.24, 2.45) is 5.73 Å². The van der Waals surface area contributed by atoms with Gasteiger partial charge < -0.3 is 16.4 Å². The minimum Gasteiger partial charge on any atom is -0.379 e. The molecule has 1 aromatic rings. The first-order valence-electron chi connectivity index (χ1n) is 8.27. The third kappa shape index (κ3) is 5.96. The lowest BCUT2D eigenvalue weighted by Gasteiger charge is -2.28. The smallest absolute Gasteiger partial charge is 0.379 e. The van der Waals surface area contributed by atoms with Gasteiger partial charge in [-0.15, -0.1) is 12.4 Å². The largest absolute Gasteiger partial charge is 0.416 e. The SMILES string of the molecule is Cl.NCC1(NC(=O)CCNc2ccc(C(F)(F)F)cc2[N+](=O)[O-])CCCC1. The van der Waals surface area contributed by atoms with Gasteiger partial charge in [-0.05, 0) is 25.0 Å². The molecule has 0 radical (unpaired) electrons. The molecule has 7 nitrogen and oxygen atoms in total. The second-order valence-electron chi connectivity index (χ2n) is 6.40. The van der Waals surface area contributed by atoms with E-state index in [0.717, 1.165) is 37.8 Å². The number of nitrogens with zero attached hydrogens (tertiary/aromatic N) is 1. The maximum absolute atomic E-state index is 12.7. The van der Waals surface area contributed by atoms with Crippen molar-refractivity contribution in [1.29, 1.82) is 0 Å². The first kappa shape index (κ1) is 23.0. The summed E-state index contributed by atoms with van der Waals surface area (Å²) in [6.07, 6.45) is -1.03. The van der Waals surface area contributed by atoms with Gasteiger partial charge in [-0.2, -0.15) is 13.2 Å². The third-order valence-corrected chi connectivity index (χ3v) is 4.55. The Balaban J connectivity index is 0.00000364. The van der Waals surface area contributed by atoms with Crippen LogP contribution < -0.4 is 16.4 Å². The van der Waals surface area contributed by atoms with Crippen molar-refractivity contribution in [2.75, 3.05) is 18.4 Å². The van der Waals surface area contributed by atoms with Crippen LogP contribution in [0, 0.1) is 10.1 Å². The average molecular weight is 411 g/mol. The number of hydrogen-bond donors (Lipinski definition) is 3. The van der Waals surface area contributed by atoms with E-state index in [0.29, 0.717) is 12.6 Å². The lowest BCUT2D eigenvalue weighted by molar-refractivity contribution is -0.384. The van der Waals surface area contributed by atoms with Crippen LogP contribution in [-0.4, -0.2) is 29.5 Å². The third-order valence-electron chi connectivity index (χ3n) is 4.55. The molecule has 1 aliphatic carbocycles. The highest BCUT2D eigenvalue weighted by molar-refractivity contribution is 5.85. The number of amides is 1. The van der Waals surface area contributed by atoms with E-state index >= 15 is 0 Å². The Labute approximate surface area is 160 Å². The molecule has 0 aliphatic heterocycles. The van der Waals surface area contributed by atoms with E-state index in [1.54, 1.807) is 0 Å². The highest BCUT2D eigenvalue weighted by Gasteiger charge is 2.34. The molecule has 0 aromatic heterocycles. The van der Waals surface area contributed by atoms with Crippen LogP contribution in [0.2, 0.25) is 0 Å². The predicted molar refractivity (Wildman–Crippen MR) is 96.8 cm³/mol. The van der Waals surface area contributed by atoms with Gasteiger partial charge in [0.15, 0.2) is 0 Å². The molecule has 27 heavy (non-hydrogen) atoms. The van der Waals surface area contributed by atoms with Crippen LogP contribution in [0.4, 0.5) is 24.5 Å². The number of nitro groups is 1. The molecule has 0 saturated heterocycles. The van der Waals surface area contributed by atoms with Crippen LogP contribution in [0.1, 0.15) is 37.7 Å². The number of halogens is 4. The lowest BCUT2D eigenvalue weighted by Crippen LogP contribution is -2.51. The topological polar surface area (TPSA) is 110 Å². The number of anilines is 1. The van der Waals surface area contributed by atoms with Gasteiger partial charge in [0.25, 0.3) is 5.69 Å². The van der Waals surface area contributed by atoms with E-state index in [9.17, 15) is 28.1 Å². The van der Waals surface area contributed by atoms with E-state index in [-0.39, 0.29) is 37.0 Å². The number of nitrogens with one attached hydrogen (secondary N) is 2. The quantitative estimate of drug-likeness (QED) is 0.472. The molecule has 1 aromatic carbocycles. The maximum Gasteiger partial charge on any atom is 0.416 e. The van der Waals surface area contributed by atoms with Crippen LogP contribution in [0.3, 0.4) is 0 Å². The average Bonchev–Trinajstić information content (AvgIpc) is 3.02. The summed E-state index contributed by atoms with van der Waals surface area (Å²) in [6, 6.07) is 2.24. The molecule has 0 spiro atoms. The summed E-state index contributed by atoms with van der Waals surface area (Å²) in [5.41, 5.74) is 3.50. The van der Waals surface area contributed by atoms with Crippen LogP contribution >= 0.6 is 12.4 Å². The zero-order chi connectivity index (χ0) is 19.4. The van der Waals surface area contributed by atoms with E-state index in [1.807, 2.05) is 0 Å². The normalized spacial score (nSPS) is 15.7. The van der Waals surface area contributed by atoms with Crippen LogP contribution in [0.5, 0.6) is 0 Å². The summed E-state index contributed by atoms with van der Waals surface area (Å²) >= 11 is 0. The van der Waals surface area contributed by atoms with Crippen molar-refractivity contribution in [2.45, 2.75) is 43.8 Å². The van der Waals surface area contributed by atoms with E-state index in [1.165, 1.54) is 0 Å². The number of carbonyl (C=O) groups is 1. The zero-order valence-corrected chi connectivity index (χ0v) is 15.3. The first-order chi connectivity index (χ1) is 12.2. The van der Waals surface area contributed by atoms with Gasteiger partial charge in [0.05, 0.1) is 16.0 Å². The summed E-state index contributed by atoms with van der Waals surface area (Å²) in [6.45, 7) is 0.398. The van der Waals surface area contributed by atoms with Gasteiger partial charge in [-0.25, -0.2) is 0 Å². The molecule has 1 amide bonds. The maximum atomic E-state index is 12.7. The van der Waals surface area contributed by atoms with Gasteiger partial charge in [0.1, 0.15) is 5.69 Å². The molecule has 1 aliphatic rings. The van der Waals surface area contributed by atoms with Crippen LogP contribution in [-0.2, 0) is 11.0 Å². The van der Waals surface area contributed by atoms with E-state index in [4.69, 9.17) is 5.73 Å². The number of carbonyl (C=O) groups excluding carboxylic acids is 1. The Kier molecular flexibility index (Phi) is 7.85. The van der Waals surface area contributed by atoms with Gasteiger partial charge in [0, 0.05) is 25.6 Å². The molecule has 152 valence electrons. The zero-order valence-electron chi connectivity index (χ0n) is 14.5. The van der Waals surface area contributed by atoms with Gasteiger partial charge >= 0.3 is 6.18 Å². The number of benzene rings is 1. The monoisotopic (exact) mass is 410 g/mol. The van der Waals surface area contributed by atoms with Gasteiger partial charge in [-0.1, -0.05) is 12.8 Å². The van der Waals surface area contributed by atoms with Crippen molar-refractivity contribution in [3.8, 4) is 0 Å². The summed E-state index contributed by atoms with van der Waals surface area (Å²) in [7, 11) is 0. The molecule has 11 heteroatoms. The molecule has 1 saturated carbocycles. The van der Waals surface area contributed by atoms with Gasteiger partial charge in [-0.3, -0.25) is 14.9 Å². The second kappa shape index (κ2) is 9.23. The number of nitro benzene ring substituents is 1. The molecular formula is C16H22ClF3N4O3. The molecule has 0 unspecified atom stereocenters. The van der Waals surface area contributed by atoms with Crippen molar-refractivity contribution in [3.05, 3.63) is 33.9 Å². The highest BCUT2D eigenvalue weighted by Crippen LogP contribution is 2.35. The Morgan fingerprint density at radius 2 is 1.93 bits per heavy atom. The van der Waals surface area contributed by atoms with E-state index < -0.39 is 27.9 Å². The second-order valence-corrected chi connectivity index (χ2v) is 6.40. The number of hydrogen-bond acceptors (Lipinski definition) is 5. The number of alkyl halides is 3. The minimum atomic E-state index is -4.67. The minimum absolute atomic E-state index is 0. The van der Waals surface area contributed by atoms with Crippen LogP contribution in [0.15, 0.2) is 18.2 Å². The van der Waals surface area contributed by atoms with Gasteiger partial charge in [0.2, 0.25) is 5.91 Å². The van der Waals surface area contributed by atoms with Crippen molar-refractivity contribution >= 4 is 29.7 Å². The van der Waals surface area contributed by atoms with Crippen molar-refractivity contribution < 1.29 is 22.9 Å². The van der Waals surface area contributed by atoms with E-state index in [2.05, 4.69) is 10.6 Å². The molecule has 0 heterocycles. The standard InChI is InChI=1S/C16H21F3N4O3.ClH/c17-16(18,19)11-3-4-12(13(9-11)23(25)26)21-8-5-14(24)22-15(10-20)6-1-2-7-15;/h3-4,9,21H,1-2,5-8,10,20H2,(H,22,24);1H. The fourth-order valence-electron chi connectivity index (χ4n) is 3.11. The fourth-order valence-corrected chi connectivity index (χ4v) is 3.11. The predicted octanol–water partition coefficient (Wildman–Crippen LogP) is 3.23. The van der Waals surface area contributed by atoms with Crippen molar-refractivity contribution in [3.63, 3.8) is 0 Å². The summed E-state index contributed by atoms with van der Waals surface area (Å²) in [5, 5.41) is 16.6. The molecule has 0 bridgehead atoms.